The molecule has 0 aromatic carbocycles. The lowest BCUT2D eigenvalue weighted by molar-refractivity contribution is 0.0548. The molecule has 0 aromatic heterocycles. The van der Waals surface area contributed by atoms with Crippen LogP contribution < -0.4 is 5.32 Å². The van der Waals surface area contributed by atoms with Gasteiger partial charge in [0.15, 0.2) is 0 Å². The molecule has 0 radical (unpaired) electrons. The molecule has 1 atom stereocenters. The SMILES string of the molecule is CNC(CC1CCOCC1)C1CCC(C)(C)CC1. The monoisotopic (exact) mass is 253 g/mol. The first kappa shape index (κ1) is 14.3. The van der Waals surface area contributed by atoms with Gasteiger partial charge in [-0.3, -0.25) is 0 Å². The summed E-state index contributed by atoms with van der Waals surface area (Å²) in [7, 11) is 2.16. The van der Waals surface area contributed by atoms with Crippen LogP contribution in [0.2, 0.25) is 0 Å². The normalized spacial score (nSPS) is 28.2. The van der Waals surface area contributed by atoms with Crippen LogP contribution in [0.15, 0.2) is 0 Å². The van der Waals surface area contributed by atoms with E-state index in [1.807, 2.05) is 0 Å². The number of hydrogen-bond acceptors (Lipinski definition) is 2. The third-order valence-electron chi connectivity index (χ3n) is 5.25. The second-order valence-corrected chi connectivity index (χ2v) is 7.19. The van der Waals surface area contributed by atoms with Crippen molar-refractivity contribution in [3.63, 3.8) is 0 Å². The maximum absolute atomic E-state index is 5.47. The van der Waals surface area contributed by atoms with Crippen LogP contribution in [0, 0.1) is 17.3 Å². The molecular weight excluding hydrogens is 222 g/mol. The van der Waals surface area contributed by atoms with Crippen LogP contribution >= 0.6 is 0 Å². The highest BCUT2D eigenvalue weighted by Crippen LogP contribution is 2.40. The molecule has 1 saturated heterocycles. The standard InChI is InChI=1S/C16H31NO/c1-16(2)8-4-14(5-9-16)15(17-3)12-13-6-10-18-11-7-13/h13-15,17H,4-12H2,1-3H3. The van der Waals surface area contributed by atoms with E-state index < -0.39 is 0 Å². The van der Waals surface area contributed by atoms with Crippen LogP contribution in [0.1, 0.15) is 58.8 Å². The lowest BCUT2D eigenvalue weighted by atomic mass is 9.70. The number of rotatable bonds is 4. The largest absolute Gasteiger partial charge is 0.381 e. The van der Waals surface area contributed by atoms with E-state index in [-0.39, 0.29) is 0 Å². The predicted octanol–water partition coefficient (Wildman–Crippen LogP) is 3.61. The predicted molar refractivity (Wildman–Crippen MR) is 76.7 cm³/mol. The lowest BCUT2D eigenvalue weighted by Crippen LogP contribution is -2.39. The van der Waals surface area contributed by atoms with Crippen LogP contribution in [0.3, 0.4) is 0 Å². The van der Waals surface area contributed by atoms with E-state index in [0.717, 1.165) is 31.1 Å². The van der Waals surface area contributed by atoms with Gasteiger partial charge in [-0.05, 0) is 69.2 Å². The summed E-state index contributed by atoms with van der Waals surface area (Å²) in [5.41, 5.74) is 0.591. The molecule has 2 fully saturated rings. The topological polar surface area (TPSA) is 21.3 Å². The van der Waals surface area contributed by atoms with Crippen molar-refractivity contribution >= 4 is 0 Å². The Labute approximate surface area is 113 Å². The van der Waals surface area contributed by atoms with Gasteiger partial charge in [0.2, 0.25) is 0 Å². The number of hydrogen-bond donors (Lipinski definition) is 1. The van der Waals surface area contributed by atoms with Crippen LogP contribution in [-0.2, 0) is 4.74 Å². The van der Waals surface area contributed by atoms with Gasteiger partial charge in [-0.1, -0.05) is 13.8 Å². The van der Waals surface area contributed by atoms with E-state index in [9.17, 15) is 0 Å². The third-order valence-corrected chi connectivity index (χ3v) is 5.25. The van der Waals surface area contributed by atoms with Crippen LogP contribution in [0.4, 0.5) is 0 Å². The minimum absolute atomic E-state index is 0.591. The molecule has 2 nitrogen and oxygen atoms in total. The number of ether oxygens (including phenoxy) is 1. The van der Waals surface area contributed by atoms with Gasteiger partial charge in [0.1, 0.15) is 0 Å². The zero-order chi connectivity index (χ0) is 13.0. The Morgan fingerprint density at radius 3 is 2.28 bits per heavy atom. The minimum Gasteiger partial charge on any atom is -0.381 e. The highest BCUT2D eigenvalue weighted by atomic mass is 16.5. The molecule has 0 spiro atoms. The molecule has 1 heterocycles. The van der Waals surface area contributed by atoms with Crippen molar-refractivity contribution in [1.29, 1.82) is 0 Å². The summed E-state index contributed by atoms with van der Waals surface area (Å²) in [6, 6.07) is 0.740. The zero-order valence-electron chi connectivity index (χ0n) is 12.5. The fourth-order valence-electron chi connectivity index (χ4n) is 3.71. The van der Waals surface area contributed by atoms with Gasteiger partial charge in [-0.15, -0.1) is 0 Å². The summed E-state index contributed by atoms with van der Waals surface area (Å²) in [6.07, 6.45) is 9.56. The summed E-state index contributed by atoms with van der Waals surface area (Å²) in [6.45, 7) is 6.82. The first-order chi connectivity index (χ1) is 8.61. The summed E-state index contributed by atoms with van der Waals surface area (Å²) in [4.78, 5) is 0. The van der Waals surface area contributed by atoms with Crippen LogP contribution in [0.5, 0.6) is 0 Å². The molecule has 1 saturated carbocycles. The minimum atomic E-state index is 0.591. The highest BCUT2D eigenvalue weighted by molar-refractivity contribution is 4.86. The molecule has 1 unspecified atom stereocenters. The van der Waals surface area contributed by atoms with Crippen molar-refractivity contribution in [3.05, 3.63) is 0 Å². The van der Waals surface area contributed by atoms with Gasteiger partial charge >= 0.3 is 0 Å². The Hall–Kier alpha value is -0.0800. The fourth-order valence-corrected chi connectivity index (χ4v) is 3.71. The van der Waals surface area contributed by atoms with Crippen molar-refractivity contribution in [2.45, 2.75) is 64.8 Å². The first-order valence-electron chi connectivity index (χ1n) is 7.86. The quantitative estimate of drug-likeness (QED) is 0.826. The van der Waals surface area contributed by atoms with Gasteiger partial charge in [0.25, 0.3) is 0 Å². The summed E-state index contributed by atoms with van der Waals surface area (Å²) in [5, 5.41) is 3.61. The molecule has 0 bridgehead atoms. The van der Waals surface area contributed by atoms with Gasteiger partial charge in [0.05, 0.1) is 0 Å². The Balaban J connectivity index is 1.81. The number of nitrogens with one attached hydrogen (secondary N) is 1. The summed E-state index contributed by atoms with van der Waals surface area (Å²) in [5.74, 6) is 1.80. The molecule has 2 aliphatic rings. The molecular formula is C16H31NO. The molecule has 0 amide bonds. The Bertz CT molecular complexity index is 235. The third kappa shape index (κ3) is 3.96. The average molecular weight is 253 g/mol. The molecule has 18 heavy (non-hydrogen) atoms. The van der Waals surface area contributed by atoms with Crippen molar-refractivity contribution in [1.82, 2.24) is 5.32 Å². The Kier molecular flexibility index (Phi) is 5.08. The Morgan fingerprint density at radius 2 is 1.72 bits per heavy atom. The fraction of sp³-hybridized carbons (Fsp3) is 1.00. The second kappa shape index (κ2) is 6.38. The van der Waals surface area contributed by atoms with Gasteiger partial charge < -0.3 is 10.1 Å². The van der Waals surface area contributed by atoms with Gasteiger partial charge in [0, 0.05) is 19.3 Å². The molecule has 0 aromatic rings. The summed E-state index contributed by atoms with van der Waals surface area (Å²) >= 11 is 0. The molecule has 1 aliphatic heterocycles. The summed E-state index contributed by atoms with van der Waals surface area (Å²) < 4.78 is 5.47. The van der Waals surface area contributed by atoms with Gasteiger partial charge in [-0.25, -0.2) is 0 Å². The van der Waals surface area contributed by atoms with Crippen molar-refractivity contribution in [2.75, 3.05) is 20.3 Å². The molecule has 2 rings (SSSR count). The Morgan fingerprint density at radius 1 is 1.11 bits per heavy atom. The molecule has 106 valence electrons. The van der Waals surface area contributed by atoms with E-state index in [0.29, 0.717) is 5.41 Å². The molecule has 2 heteroatoms. The van der Waals surface area contributed by atoms with E-state index in [1.54, 1.807) is 0 Å². The second-order valence-electron chi connectivity index (χ2n) is 7.19. The highest BCUT2D eigenvalue weighted by Gasteiger charge is 2.32. The van der Waals surface area contributed by atoms with E-state index in [2.05, 4.69) is 26.2 Å². The van der Waals surface area contributed by atoms with Crippen molar-refractivity contribution in [3.8, 4) is 0 Å². The van der Waals surface area contributed by atoms with Gasteiger partial charge in [-0.2, -0.15) is 0 Å². The van der Waals surface area contributed by atoms with Crippen LogP contribution in [0.25, 0.3) is 0 Å². The van der Waals surface area contributed by atoms with Crippen molar-refractivity contribution in [2.24, 2.45) is 17.3 Å². The average Bonchev–Trinajstić information content (AvgIpc) is 2.38. The first-order valence-corrected chi connectivity index (χ1v) is 7.86. The van der Waals surface area contributed by atoms with E-state index in [4.69, 9.17) is 4.74 Å². The van der Waals surface area contributed by atoms with Crippen molar-refractivity contribution < 1.29 is 4.74 Å². The zero-order valence-corrected chi connectivity index (χ0v) is 12.5. The van der Waals surface area contributed by atoms with E-state index in [1.165, 1.54) is 44.9 Å². The molecule has 1 aliphatic carbocycles. The lowest BCUT2D eigenvalue weighted by Gasteiger charge is -2.39. The molecule has 1 N–H and O–H groups in total. The van der Waals surface area contributed by atoms with Crippen LogP contribution in [-0.4, -0.2) is 26.3 Å². The maximum atomic E-state index is 5.47. The van der Waals surface area contributed by atoms with E-state index >= 15 is 0 Å². The smallest absolute Gasteiger partial charge is 0.0468 e. The maximum Gasteiger partial charge on any atom is 0.0468 e.